The fourth-order valence-electron chi connectivity index (χ4n) is 2.97. The summed E-state index contributed by atoms with van der Waals surface area (Å²) in [5, 5.41) is 2.73. The molecule has 3 aliphatic rings. The van der Waals surface area contributed by atoms with Gasteiger partial charge in [-0.3, -0.25) is 53.1 Å². The monoisotopic (exact) mass is 504 g/mol. The number of Topliss-reactive ketones (excluding diaryl/α,β-unsaturated/α-hetero) is 1. The Morgan fingerprint density at radius 3 is 1.53 bits per heavy atom. The number of ketones is 1. The number of hydrogen-bond donors (Lipinski definition) is 1. The molecule has 7 amide bonds. The maximum Gasteiger partial charge on any atom is 0.253 e. The molecule has 0 aromatic heterocycles. The Hall–Kier alpha value is -3.96. The van der Waals surface area contributed by atoms with Gasteiger partial charge in [0.15, 0.2) is 0 Å². The molecule has 0 radical (unpaired) electrons. The highest BCUT2D eigenvalue weighted by Gasteiger charge is 2.25. The molecule has 1 N–H and O–H groups in total. The average Bonchev–Trinajstić information content (AvgIpc) is 3.44. The first-order valence-corrected chi connectivity index (χ1v) is 11.6. The van der Waals surface area contributed by atoms with E-state index >= 15 is 0 Å². The van der Waals surface area contributed by atoms with Gasteiger partial charge in [0.25, 0.3) is 23.6 Å². The van der Waals surface area contributed by atoms with Crippen LogP contribution in [0.15, 0.2) is 24.3 Å². The lowest BCUT2D eigenvalue weighted by atomic mass is 10.3. The Kier molecular flexibility index (Phi) is 12.6. The number of unbranched alkanes of at least 4 members (excludes halogenated alkanes) is 1. The van der Waals surface area contributed by atoms with Crippen LogP contribution >= 0.6 is 0 Å². The lowest BCUT2D eigenvalue weighted by Crippen LogP contribution is -2.34. The number of amides is 7. The highest BCUT2D eigenvalue weighted by atomic mass is 16.2. The molecule has 3 heterocycles. The van der Waals surface area contributed by atoms with Crippen molar-refractivity contribution in [3.05, 3.63) is 24.3 Å². The quantitative estimate of drug-likeness (QED) is 0.336. The smallest absolute Gasteiger partial charge is 0.253 e. The second-order valence-corrected chi connectivity index (χ2v) is 8.07. The van der Waals surface area contributed by atoms with Crippen molar-refractivity contribution in [3.63, 3.8) is 0 Å². The second-order valence-electron chi connectivity index (χ2n) is 8.07. The maximum atomic E-state index is 11.3. The normalized spacial score (nSPS) is 16.4. The van der Waals surface area contributed by atoms with Crippen LogP contribution in [0.4, 0.5) is 0 Å². The van der Waals surface area contributed by atoms with Crippen molar-refractivity contribution < 1.29 is 38.4 Å². The summed E-state index contributed by atoms with van der Waals surface area (Å²) in [5.41, 5.74) is 0. The van der Waals surface area contributed by atoms with Crippen LogP contribution < -0.4 is 5.32 Å². The number of nitrogens with zero attached hydrogens (tertiary/aromatic N) is 3. The molecule has 196 valence electrons. The van der Waals surface area contributed by atoms with Crippen LogP contribution in [0.3, 0.4) is 0 Å². The number of hydrogen-bond acceptors (Lipinski definition) is 8. The summed E-state index contributed by atoms with van der Waals surface area (Å²) in [6.07, 6.45) is 8.02. The second kappa shape index (κ2) is 15.1. The molecule has 1 fully saturated rings. The zero-order chi connectivity index (χ0) is 27.3. The van der Waals surface area contributed by atoms with E-state index in [2.05, 4.69) is 5.32 Å². The van der Waals surface area contributed by atoms with Crippen LogP contribution in [0, 0.1) is 0 Å². The summed E-state index contributed by atoms with van der Waals surface area (Å²) in [5.74, 6) is -1.62. The maximum absolute atomic E-state index is 11.3. The molecule has 0 aromatic rings. The lowest BCUT2D eigenvalue weighted by Gasteiger charge is -2.13. The van der Waals surface area contributed by atoms with Gasteiger partial charge in [-0.15, -0.1) is 0 Å². The molecular formula is C24H32N4O8. The standard InChI is InChI=1S/C11H16N2O3.C8H9NO3.C5H7NO2/c1-2-3-7-12-9(14)6-8-13-10(15)4-5-11(13)16;1-6(10)4-5-9-7(11)2-3-8(9)12;1-6-4(7)2-3-5(6)8/h4-5H,2-3,6-8H2,1H3,(H,12,14);2-3H,4-5H2,1H3;2-3H2,1H3. The summed E-state index contributed by atoms with van der Waals surface area (Å²) >= 11 is 0. The van der Waals surface area contributed by atoms with Crippen LogP contribution in [0.5, 0.6) is 0 Å². The number of likely N-dealkylation sites (tertiary alicyclic amines) is 1. The van der Waals surface area contributed by atoms with Crippen molar-refractivity contribution in [2.24, 2.45) is 0 Å². The Labute approximate surface area is 209 Å². The summed E-state index contributed by atoms with van der Waals surface area (Å²) in [7, 11) is 1.51. The molecule has 0 spiro atoms. The van der Waals surface area contributed by atoms with Gasteiger partial charge >= 0.3 is 0 Å². The van der Waals surface area contributed by atoms with Gasteiger partial charge in [-0.25, -0.2) is 0 Å². The van der Waals surface area contributed by atoms with E-state index in [1.54, 1.807) is 0 Å². The van der Waals surface area contributed by atoms with Gasteiger partial charge in [0.2, 0.25) is 17.7 Å². The minimum absolute atomic E-state index is 0.0255. The average molecular weight is 505 g/mol. The first-order valence-electron chi connectivity index (χ1n) is 11.6. The molecule has 1 saturated heterocycles. The van der Waals surface area contributed by atoms with Crippen molar-refractivity contribution >= 4 is 47.1 Å². The largest absolute Gasteiger partial charge is 0.356 e. The lowest BCUT2D eigenvalue weighted by molar-refractivity contribution is -0.139. The Morgan fingerprint density at radius 2 is 1.19 bits per heavy atom. The Balaban J connectivity index is 0.000000285. The van der Waals surface area contributed by atoms with Crippen molar-refractivity contribution in [1.29, 1.82) is 0 Å². The van der Waals surface area contributed by atoms with E-state index in [0.29, 0.717) is 19.4 Å². The molecule has 3 rings (SSSR count). The van der Waals surface area contributed by atoms with Gasteiger partial charge in [0, 0.05) is 76.7 Å². The summed E-state index contributed by atoms with van der Waals surface area (Å²) < 4.78 is 0. The molecule has 12 nitrogen and oxygen atoms in total. The Bertz CT molecular complexity index is 917. The summed E-state index contributed by atoms with van der Waals surface area (Å²) in [4.78, 5) is 90.2. The van der Waals surface area contributed by atoms with Crippen molar-refractivity contribution in [2.75, 3.05) is 26.7 Å². The van der Waals surface area contributed by atoms with Gasteiger partial charge in [-0.05, 0) is 13.3 Å². The first-order chi connectivity index (χ1) is 17.0. The predicted molar refractivity (Wildman–Crippen MR) is 127 cm³/mol. The van der Waals surface area contributed by atoms with E-state index < -0.39 is 0 Å². The summed E-state index contributed by atoms with van der Waals surface area (Å²) in [6, 6.07) is 0. The van der Waals surface area contributed by atoms with E-state index in [0.717, 1.165) is 22.6 Å². The van der Waals surface area contributed by atoms with Gasteiger partial charge in [-0.1, -0.05) is 13.3 Å². The highest BCUT2D eigenvalue weighted by molar-refractivity contribution is 6.13. The third kappa shape index (κ3) is 10.1. The molecule has 3 aliphatic heterocycles. The molecule has 0 aromatic carbocycles. The SMILES string of the molecule is CC(=O)CCN1C(=O)C=CC1=O.CCCCNC(=O)CCN1C(=O)C=CC1=O.CN1C(=O)CCC1=O. The van der Waals surface area contributed by atoms with Gasteiger partial charge in [0.05, 0.1) is 0 Å². The number of imide groups is 3. The molecule has 0 bridgehead atoms. The van der Waals surface area contributed by atoms with E-state index in [-0.39, 0.29) is 73.1 Å². The van der Waals surface area contributed by atoms with Gasteiger partial charge in [0.1, 0.15) is 5.78 Å². The molecule has 36 heavy (non-hydrogen) atoms. The molecule has 0 saturated carbocycles. The van der Waals surface area contributed by atoms with E-state index in [1.807, 2.05) is 6.92 Å². The van der Waals surface area contributed by atoms with Crippen LogP contribution in [0.1, 0.15) is 52.4 Å². The van der Waals surface area contributed by atoms with Crippen LogP contribution in [0.2, 0.25) is 0 Å². The molecule has 12 heteroatoms. The zero-order valence-corrected chi connectivity index (χ0v) is 20.8. The van der Waals surface area contributed by atoms with E-state index in [9.17, 15) is 38.4 Å². The minimum atomic E-state index is -0.341. The fraction of sp³-hybridized carbons (Fsp3) is 0.500. The van der Waals surface area contributed by atoms with Crippen molar-refractivity contribution in [1.82, 2.24) is 20.0 Å². The van der Waals surface area contributed by atoms with Gasteiger partial charge in [-0.2, -0.15) is 0 Å². The third-order valence-corrected chi connectivity index (χ3v) is 5.20. The van der Waals surface area contributed by atoms with E-state index in [4.69, 9.17) is 0 Å². The van der Waals surface area contributed by atoms with Gasteiger partial charge < -0.3 is 5.32 Å². The molecule has 0 aliphatic carbocycles. The molecular weight excluding hydrogens is 472 g/mol. The first kappa shape index (κ1) is 30.1. The Morgan fingerprint density at radius 1 is 0.778 bits per heavy atom. The van der Waals surface area contributed by atoms with Crippen LogP contribution in [-0.2, 0) is 38.4 Å². The topological polar surface area (TPSA) is 158 Å². The molecule has 0 unspecified atom stereocenters. The van der Waals surface area contributed by atoms with E-state index in [1.165, 1.54) is 43.2 Å². The fourth-order valence-corrected chi connectivity index (χ4v) is 2.97. The summed E-state index contributed by atoms with van der Waals surface area (Å²) in [6.45, 7) is 4.47. The van der Waals surface area contributed by atoms with Crippen LogP contribution in [0.25, 0.3) is 0 Å². The predicted octanol–water partition coefficient (Wildman–Crippen LogP) is -0.126. The van der Waals surface area contributed by atoms with Crippen molar-refractivity contribution in [2.45, 2.75) is 52.4 Å². The number of nitrogens with one attached hydrogen (secondary N) is 1. The number of carbonyl (C=O) groups is 8. The third-order valence-electron chi connectivity index (χ3n) is 5.20. The van der Waals surface area contributed by atoms with Crippen molar-refractivity contribution in [3.8, 4) is 0 Å². The van der Waals surface area contributed by atoms with Crippen LogP contribution in [-0.4, -0.2) is 88.5 Å². The number of rotatable bonds is 9. The highest BCUT2D eigenvalue weighted by Crippen LogP contribution is 2.07. The zero-order valence-electron chi connectivity index (χ0n) is 20.8. The molecule has 0 atom stereocenters. The minimum Gasteiger partial charge on any atom is -0.356 e. The number of carbonyl (C=O) groups excluding carboxylic acids is 8.